The number of thioether (sulfide) groups is 1. The van der Waals surface area contributed by atoms with Gasteiger partial charge in [-0.15, -0.1) is 0 Å². The van der Waals surface area contributed by atoms with Gasteiger partial charge in [0.25, 0.3) is 5.91 Å². The van der Waals surface area contributed by atoms with Gasteiger partial charge >= 0.3 is 5.97 Å². The van der Waals surface area contributed by atoms with Crippen LogP contribution in [0, 0.1) is 5.82 Å². The quantitative estimate of drug-likeness (QED) is 0.746. The van der Waals surface area contributed by atoms with Crippen molar-refractivity contribution < 1.29 is 19.1 Å². The van der Waals surface area contributed by atoms with Gasteiger partial charge in [-0.05, 0) is 59.8 Å². The maximum Gasteiger partial charge on any atom is 0.305 e. The summed E-state index contributed by atoms with van der Waals surface area (Å²) >= 11 is 7.06. The number of anilines is 1. The molecule has 1 aliphatic rings. The van der Waals surface area contributed by atoms with E-state index < -0.39 is 11.9 Å². The molecule has 3 rings (SSSR count). The number of carboxylic acid groups (broad SMARTS) is 1. The standard InChI is InChI=1S/C19H14ClFN2O3S/c20-13-3-7-15(8-4-13)23(10-9-17(24)25)19-22-18(26)16(27-19)11-12-1-5-14(21)6-2-12/h1-8,11H,9-10H2,(H,24,25). The lowest BCUT2D eigenvalue weighted by atomic mass is 10.2. The van der Waals surface area contributed by atoms with Crippen LogP contribution in [0.3, 0.4) is 0 Å². The van der Waals surface area contributed by atoms with E-state index in [-0.39, 0.29) is 18.8 Å². The smallest absolute Gasteiger partial charge is 0.305 e. The number of amides is 1. The van der Waals surface area contributed by atoms with E-state index in [9.17, 15) is 14.0 Å². The number of carbonyl (C=O) groups is 2. The highest BCUT2D eigenvalue weighted by molar-refractivity contribution is 8.18. The summed E-state index contributed by atoms with van der Waals surface area (Å²) < 4.78 is 13.0. The summed E-state index contributed by atoms with van der Waals surface area (Å²) in [4.78, 5) is 29.4. The highest BCUT2D eigenvalue weighted by atomic mass is 35.5. The molecular weight excluding hydrogens is 391 g/mol. The van der Waals surface area contributed by atoms with Crippen LogP contribution in [0.1, 0.15) is 12.0 Å². The lowest BCUT2D eigenvalue weighted by Crippen LogP contribution is -2.30. The first-order valence-electron chi connectivity index (χ1n) is 7.95. The van der Waals surface area contributed by atoms with E-state index in [0.717, 1.165) is 11.8 Å². The van der Waals surface area contributed by atoms with E-state index >= 15 is 0 Å². The number of halogens is 2. The monoisotopic (exact) mass is 404 g/mol. The van der Waals surface area contributed by atoms with E-state index in [0.29, 0.717) is 26.3 Å². The molecule has 1 N–H and O–H groups in total. The van der Waals surface area contributed by atoms with Crippen molar-refractivity contribution in [3.05, 3.63) is 69.8 Å². The number of carbonyl (C=O) groups excluding carboxylic acids is 1. The van der Waals surface area contributed by atoms with Crippen LogP contribution in [-0.4, -0.2) is 28.7 Å². The van der Waals surface area contributed by atoms with E-state index in [1.54, 1.807) is 47.4 Å². The number of rotatable bonds is 5. The second-order valence-corrected chi connectivity index (χ2v) is 7.08. The third-order valence-electron chi connectivity index (χ3n) is 3.70. The van der Waals surface area contributed by atoms with E-state index in [2.05, 4.69) is 4.99 Å². The molecule has 0 saturated heterocycles. The second-order valence-electron chi connectivity index (χ2n) is 5.63. The highest BCUT2D eigenvalue weighted by Gasteiger charge is 2.27. The summed E-state index contributed by atoms with van der Waals surface area (Å²) in [7, 11) is 0. The molecular formula is C19H14ClFN2O3S. The van der Waals surface area contributed by atoms with Crippen LogP contribution < -0.4 is 4.90 Å². The van der Waals surface area contributed by atoms with Crippen molar-refractivity contribution in [1.29, 1.82) is 0 Å². The van der Waals surface area contributed by atoms with E-state index in [1.165, 1.54) is 12.1 Å². The summed E-state index contributed by atoms with van der Waals surface area (Å²) in [6.45, 7) is 0.153. The van der Waals surface area contributed by atoms with Gasteiger partial charge in [-0.3, -0.25) is 9.59 Å². The van der Waals surface area contributed by atoms with Crippen LogP contribution in [0.15, 0.2) is 58.4 Å². The lowest BCUT2D eigenvalue weighted by Gasteiger charge is -2.22. The van der Waals surface area contributed by atoms with E-state index in [4.69, 9.17) is 16.7 Å². The van der Waals surface area contributed by atoms with Gasteiger partial charge in [-0.2, -0.15) is 4.99 Å². The molecule has 2 aromatic carbocycles. The average molecular weight is 405 g/mol. The zero-order chi connectivity index (χ0) is 19.4. The topological polar surface area (TPSA) is 70.0 Å². The van der Waals surface area contributed by atoms with Crippen molar-refractivity contribution in [3.8, 4) is 0 Å². The molecule has 27 heavy (non-hydrogen) atoms. The Kier molecular flexibility index (Phi) is 5.93. The lowest BCUT2D eigenvalue weighted by molar-refractivity contribution is -0.136. The predicted octanol–water partition coefficient (Wildman–Crippen LogP) is 4.43. The number of hydrogen-bond donors (Lipinski definition) is 1. The normalized spacial score (nSPS) is 15.1. The predicted molar refractivity (Wildman–Crippen MR) is 105 cm³/mol. The molecule has 0 radical (unpaired) electrons. The highest BCUT2D eigenvalue weighted by Crippen LogP contribution is 2.33. The van der Waals surface area contributed by atoms with Gasteiger partial charge in [0.15, 0.2) is 5.17 Å². The molecule has 0 bridgehead atoms. The fourth-order valence-corrected chi connectivity index (χ4v) is 3.47. The first-order valence-corrected chi connectivity index (χ1v) is 9.15. The number of amidine groups is 1. The molecule has 0 atom stereocenters. The Balaban J connectivity index is 1.85. The first kappa shape index (κ1) is 19.1. The minimum Gasteiger partial charge on any atom is -0.481 e. The molecule has 1 heterocycles. The SMILES string of the molecule is O=C(O)CCN(C1=NC(=O)C(=Cc2ccc(F)cc2)S1)c1ccc(Cl)cc1. The Morgan fingerprint density at radius 1 is 1.19 bits per heavy atom. The van der Waals surface area contributed by atoms with Crippen LogP contribution in [0.4, 0.5) is 10.1 Å². The minimum atomic E-state index is -0.953. The molecule has 138 valence electrons. The maximum atomic E-state index is 13.0. The van der Waals surface area contributed by atoms with Crippen molar-refractivity contribution in [1.82, 2.24) is 0 Å². The van der Waals surface area contributed by atoms with Gasteiger partial charge in [0.05, 0.1) is 11.3 Å². The molecule has 1 amide bonds. The zero-order valence-corrected chi connectivity index (χ0v) is 15.5. The molecule has 5 nitrogen and oxygen atoms in total. The fourth-order valence-electron chi connectivity index (χ4n) is 2.39. The molecule has 0 unspecified atom stereocenters. The zero-order valence-electron chi connectivity index (χ0n) is 13.9. The minimum absolute atomic E-state index is 0.118. The Morgan fingerprint density at radius 2 is 1.85 bits per heavy atom. The molecule has 8 heteroatoms. The third kappa shape index (κ3) is 4.96. The molecule has 0 aromatic heterocycles. The number of nitrogens with zero attached hydrogens (tertiary/aromatic N) is 2. The number of benzene rings is 2. The number of hydrogen-bond acceptors (Lipinski definition) is 4. The maximum absolute atomic E-state index is 13.0. The number of aliphatic carboxylic acids is 1. The van der Waals surface area contributed by atoms with Crippen LogP contribution in [0.5, 0.6) is 0 Å². The van der Waals surface area contributed by atoms with Gasteiger partial charge in [0.2, 0.25) is 0 Å². The van der Waals surface area contributed by atoms with Crippen molar-refractivity contribution >= 4 is 52.2 Å². The molecule has 1 aliphatic heterocycles. The fraction of sp³-hybridized carbons (Fsp3) is 0.105. The summed E-state index contributed by atoms with van der Waals surface area (Å²) in [6, 6.07) is 12.6. The van der Waals surface area contributed by atoms with Crippen LogP contribution >= 0.6 is 23.4 Å². The van der Waals surface area contributed by atoms with Crippen molar-refractivity contribution in [2.45, 2.75) is 6.42 Å². The summed E-state index contributed by atoms with van der Waals surface area (Å²) in [5, 5.41) is 9.95. The van der Waals surface area contributed by atoms with Crippen LogP contribution in [-0.2, 0) is 9.59 Å². The van der Waals surface area contributed by atoms with Crippen molar-refractivity contribution in [2.24, 2.45) is 4.99 Å². The number of aliphatic imine (C=N–C) groups is 1. The first-order chi connectivity index (χ1) is 12.9. The van der Waals surface area contributed by atoms with Crippen LogP contribution in [0.25, 0.3) is 6.08 Å². The third-order valence-corrected chi connectivity index (χ3v) is 4.95. The second kappa shape index (κ2) is 8.37. The van der Waals surface area contributed by atoms with Gasteiger partial charge in [0, 0.05) is 17.3 Å². The Morgan fingerprint density at radius 3 is 2.48 bits per heavy atom. The largest absolute Gasteiger partial charge is 0.481 e. The average Bonchev–Trinajstić information content (AvgIpc) is 2.99. The van der Waals surface area contributed by atoms with Crippen molar-refractivity contribution in [3.63, 3.8) is 0 Å². The molecule has 0 spiro atoms. The molecule has 0 fully saturated rings. The Hall–Kier alpha value is -2.64. The molecule has 2 aromatic rings. The summed E-state index contributed by atoms with van der Waals surface area (Å²) in [5.41, 5.74) is 1.36. The van der Waals surface area contributed by atoms with Crippen molar-refractivity contribution in [2.75, 3.05) is 11.4 Å². The Bertz CT molecular complexity index is 927. The molecule has 0 aliphatic carbocycles. The Labute approximate surface area is 164 Å². The van der Waals surface area contributed by atoms with E-state index in [1.807, 2.05) is 0 Å². The van der Waals surface area contributed by atoms with Crippen LogP contribution in [0.2, 0.25) is 5.02 Å². The number of carboxylic acids is 1. The van der Waals surface area contributed by atoms with Gasteiger partial charge in [-0.1, -0.05) is 23.7 Å². The van der Waals surface area contributed by atoms with Gasteiger partial charge < -0.3 is 10.0 Å². The van der Waals surface area contributed by atoms with Gasteiger partial charge in [0.1, 0.15) is 5.82 Å². The summed E-state index contributed by atoms with van der Waals surface area (Å²) in [5.74, 6) is -1.73. The summed E-state index contributed by atoms with van der Waals surface area (Å²) in [6.07, 6.45) is 1.51. The van der Waals surface area contributed by atoms with Gasteiger partial charge in [-0.25, -0.2) is 4.39 Å². The molecule has 0 saturated carbocycles.